The van der Waals surface area contributed by atoms with E-state index < -0.39 is 12.1 Å². The highest BCUT2D eigenvalue weighted by Crippen LogP contribution is 2.08. The number of nitrogens with one attached hydrogen (secondary N) is 1. The molecular weight excluding hydrogens is 326 g/mol. The number of hydrogen-bond donors (Lipinski definition) is 1. The van der Waals surface area contributed by atoms with Crippen molar-refractivity contribution in [2.75, 3.05) is 25.2 Å². The summed E-state index contributed by atoms with van der Waals surface area (Å²) in [7, 11) is 0. The highest BCUT2D eigenvalue weighted by Gasteiger charge is 2.22. The number of rotatable bonds is 15. The lowest BCUT2D eigenvalue weighted by molar-refractivity contribution is -0.146. The van der Waals surface area contributed by atoms with E-state index in [2.05, 4.69) is 18.8 Å². The molecule has 1 amide bonds. The van der Waals surface area contributed by atoms with Gasteiger partial charge in [-0.05, 0) is 24.9 Å². The first-order valence-corrected chi connectivity index (χ1v) is 10.2. The second-order valence-corrected chi connectivity index (χ2v) is 6.64. The molecule has 24 heavy (non-hydrogen) atoms. The van der Waals surface area contributed by atoms with Crippen molar-refractivity contribution in [3.8, 4) is 0 Å². The zero-order valence-electron chi connectivity index (χ0n) is 15.2. The quantitative estimate of drug-likeness (QED) is 0.268. The van der Waals surface area contributed by atoms with Crippen molar-refractivity contribution in [3.05, 3.63) is 12.7 Å². The molecule has 0 spiro atoms. The average molecular weight is 360 g/mol. The molecule has 0 aliphatic carbocycles. The summed E-state index contributed by atoms with van der Waals surface area (Å²) in [5, 5.41) is 2.56. The summed E-state index contributed by atoms with van der Waals surface area (Å²) in [6, 6.07) is -0.653. The number of carbonyl (C=O) groups is 2. The number of hydrogen-bond acceptors (Lipinski definition) is 5. The van der Waals surface area contributed by atoms with Crippen LogP contribution < -0.4 is 5.32 Å². The Hall–Kier alpha value is -1.17. The fraction of sp³-hybridized carbons (Fsp3) is 0.778. The Morgan fingerprint density at radius 1 is 1.12 bits per heavy atom. The maximum Gasteiger partial charge on any atom is 0.408 e. The molecule has 5 nitrogen and oxygen atoms in total. The molecule has 0 radical (unpaired) electrons. The first kappa shape index (κ1) is 22.8. The van der Waals surface area contributed by atoms with Crippen LogP contribution in [0.15, 0.2) is 12.7 Å². The molecule has 0 rings (SSSR count). The molecule has 0 aromatic rings. The predicted molar refractivity (Wildman–Crippen MR) is 100 cm³/mol. The smallest absolute Gasteiger partial charge is 0.408 e. The Morgan fingerprint density at radius 3 is 2.42 bits per heavy atom. The van der Waals surface area contributed by atoms with E-state index in [0.29, 0.717) is 13.0 Å². The van der Waals surface area contributed by atoms with Gasteiger partial charge >= 0.3 is 12.1 Å². The summed E-state index contributed by atoms with van der Waals surface area (Å²) in [6.07, 6.45) is 11.5. The summed E-state index contributed by atoms with van der Waals surface area (Å²) in [6.45, 7) is 6.21. The van der Waals surface area contributed by atoms with Crippen LogP contribution in [0.4, 0.5) is 4.79 Å². The number of esters is 1. The predicted octanol–water partition coefficient (Wildman–Crippen LogP) is 4.31. The van der Waals surface area contributed by atoms with E-state index in [1.54, 1.807) is 11.8 Å². The number of ether oxygens (including phenoxy) is 2. The maximum absolute atomic E-state index is 12.1. The first-order chi connectivity index (χ1) is 11.7. The fourth-order valence-electron chi connectivity index (χ4n) is 2.14. The summed E-state index contributed by atoms with van der Waals surface area (Å²) in [4.78, 5) is 23.7. The van der Waals surface area contributed by atoms with Gasteiger partial charge in [0, 0.05) is 0 Å². The molecule has 0 saturated carbocycles. The Bertz CT molecular complexity index is 350. The van der Waals surface area contributed by atoms with Crippen molar-refractivity contribution in [1.29, 1.82) is 0 Å². The first-order valence-electron chi connectivity index (χ1n) is 8.85. The Morgan fingerprint density at radius 2 is 1.79 bits per heavy atom. The van der Waals surface area contributed by atoms with Gasteiger partial charge in [-0.1, -0.05) is 58.1 Å². The SMILES string of the molecule is C=CCOC(=O)N[C@@H](CCSC)C(=O)OCCCCCCCCC. The normalized spacial score (nSPS) is 11.6. The highest BCUT2D eigenvalue weighted by atomic mass is 32.2. The van der Waals surface area contributed by atoms with Gasteiger partial charge in [0.2, 0.25) is 0 Å². The van der Waals surface area contributed by atoms with E-state index in [-0.39, 0.29) is 12.6 Å². The van der Waals surface area contributed by atoms with Crippen molar-refractivity contribution >= 4 is 23.8 Å². The lowest BCUT2D eigenvalue weighted by atomic mass is 10.1. The van der Waals surface area contributed by atoms with Crippen molar-refractivity contribution in [2.45, 2.75) is 64.3 Å². The van der Waals surface area contributed by atoms with Crippen LogP contribution in [0.5, 0.6) is 0 Å². The minimum Gasteiger partial charge on any atom is -0.464 e. The van der Waals surface area contributed by atoms with Crippen molar-refractivity contribution < 1.29 is 19.1 Å². The van der Waals surface area contributed by atoms with Crippen LogP contribution in [0.25, 0.3) is 0 Å². The third kappa shape index (κ3) is 13.3. The van der Waals surface area contributed by atoms with Gasteiger partial charge in [-0.15, -0.1) is 0 Å². The number of alkyl carbamates (subject to hydrolysis) is 1. The lowest BCUT2D eigenvalue weighted by Crippen LogP contribution is -2.42. The standard InChI is InChI=1S/C18H33NO4S/c1-4-6-7-8-9-10-11-14-22-17(20)16(12-15-24-3)19-18(21)23-13-5-2/h5,16H,2,4,6-15H2,1,3H3,(H,19,21)/t16-/m0/s1. The van der Waals surface area contributed by atoms with E-state index in [4.69, 9.17) is 9.47 Å². The number of carbonyl (C=O) groups excluding carboxylic acids is 2. The average Bonchev–Trinajstić information content (AvgIpc) is 2.58. The minimum atomic E-state index is -0.653. The molecule has 6 heteroatoms. The van der Waals surface area contributed by atoms with E-state index >= 15 is 0 Å². The molecule has 1 atom stereocenters. The molecule has 140 valence electrons. The van der Waals surface area contributed by atoms with Gasteiger partial charge < -0.3 is 14.8 Å². The summed E-state index contributed by atoms with van der Waals surface area (Å²) in [5.41, 5.74) is 0. The van der Waals surface area contributed by atoms with Crippen LogP contribution in [-0.2, 0) is 14.3 Å². The monoisotopic (exact) mass is 359 g/mol. The summed E-state index contributed by atoms with van der Waals surface area (Å²) >= 11 is 1.62. The number of unbranched alkanes of at least 4 members (excludes halogenated alkanes) is 6. The molecule has 0 bridgehead atoms. The molecule has 0 heterocycles. The van der Waals surface area contributed by atoms with Crippen molar-refractivity contribution in [1.82, 2.24) is 5.32 Å². The Labute approximate surface area is 150 Å². The number of thioether (sulfide) groups is 1. The van der Waals surface area contributed by atoms with E-state index in [1.807, 2.05) is 6.26 Å². The van der Waals surface area contributed by atoms with E-state index in [0.717, 1.165) is 18.6 Å². The van der Waals surface area contributed by atoms with E-state index in [1.165, 1.54) is 38.2 Å². The third-order valence-electron chi connectivity index (χ3n) is 3.51. The topological polar surface area (TPSA) is 64.6 Å². The van der Waals surface area contributed by atoms with Gasteiger partial charge in [0.05, 0.1) is 6.61 Å². The highest BCUT2D eigenvalue weighted by molar-refractivity contribution is 7.98. The van der Waals surface area contributed by atoms with Crippen LogP contribution in [0, 0.1) is 0 Å². The van der Waals surface area contributed by atoms with Crippen LogP contribution >= 0.6 is 11.8 Å². The Balaban J connectivity index is 3.98. The second-order valence-electron chi connectivity index (χ2n) is 5.65. The van der Waals surface area contributed by atoms with Gasteiger partial charge in [0.15, 0.2) is 0 Å². The summed E-state index contributed by atoms with van der Waals surface area (Å²) in [5.74, 6) is 0.379. The lowest BCUT2D eigenvalue weighted by Gasteiger charge is -2.17. The molecular formula is C18H33NO4S. The van der Waals surface area contributed by atoms with Gasteiger partial charge in [0.1, 0.15) is 12.6 Å². The number of amides is 1. The van der Waals surface area contributed by atoms with Crippen LogP contribution in [0.1, 0.15) is 58.3 Å². The molecule has 0 fully saturated rings. The largest absolute Gasteiger partial charge is 0.464 e. The zero-order valence-corrected chi connectivity index (χ0v) is 16.0. The minimum absolute atomic E-state index is 0.119. The van der Waals surface area contributed by atoms with Crippen LogP contribution in [-0.4, -0.2) is 43.3 Å². The van der Waals surface area contributed by atoms with Gasteiger partial charge in [-0.2, -0.15) is 11.8 Å². The molecule has 1 N–H and O–H groups in total. The second kappa shape index (κ2) is 16.7. The maximum atomic E-state index is 12.1. The Kier molecular flexibility index (Phi) is 15.9. The summed E-state index contributed by atoms with van der Waals surface area (Å²) < 4.78 is 10.2. The molecule has 0 unspecified atom stereocenters. The molecule has 0 aromatic heterocycles. The zero-order chi connectivity index (χ0) is 18.0. The fourth-order valence-corrected chi connectivity index (χ4v) is 2.61. The molecule has 0 aliphatic rings. The van der Waals surface area contributed by atoms with Crippen molar-refractivity contribution in [2.24, 2.45) is 0 Å². The van der Waals surface area contributed by atoms with Gasteiger partial charge in [-0.3, -0.25) is 0 Å². The molecule has 0 aromatic carbocycles. The van der Waals surface area contributed by atoms with Crippen LogP contribution in [0.2, 0.25) is 0 Å². The van der Waals surface area contributed by atoms with Gasteiger partial charge in [-0.25, -0.2) is 9.59 Å². The van der Waals surface area contributed by atoms with Crippen LogP contribution in [0.3, 0.4) is 0 Å². The molecule has 0 aliphatic heterocycles. The third-order valence-corrected chi connectivity index (χ3v) is 4.16. The van der Waals surface area contributed by atoms with Gasteiger partial charge in [0.25, 0.3) is 0 Å². The van der Waals surface area contributed by atoms with E-state index in [9.17, 15) is 9.59 Å². The van der Waals surface area contributed by atoms with Crippen molar-refractivity contribution in [3.63, 3.8) is 0 Å². The molecule has 0 saturated heterocycles.